The molecule has 1 saturated carbocycles. The molecule has 1 fully saturated rings. The summed E-state index contributed by atoms with van der Waals surface area (Å²) in [5, 5.41) is 10.3. The SMILES string of the molecule is Cc1c(-c2ncco2)sc2c1c(=O)n(C(C)(C)C(=O)O)c(=O)n2CC(OC1CCC(C)(C)CC1)c1ccccc1. The van der Waals surface area contributed by atoms with Gasteiger partial charge in [0.15, 0.2) is 0 Å². The summed E-state index contributed by atoms with van der Waals surface area (Å²) in [6.45, 7) is 9.14. The lowest BCUT2D eigenvalue weighted by atomic mass is 9.76. The van der Waals surface area contributed by atoms with Crippen molar-refractivity contribution >= 4 is 27.5 Å². The number of aryl methyl sites for hydroxylation is 1. The third-order valence-corrected chi connectivity index (χ3v) is 9.39. The standard InChI is InChI=1S/C30H35N3O6S/c1-18-22-25(34)33(30(4,5)27(35)36)28(37)32(26(22)40-23(18)24-31-15-16-38-24)17-21(19-9-7-6-8-10-19)39-20-11-13-29(2,3)14-12-20/h6-10,15-16,20-21H,11-14,17H2,1-5H3,(H,35,36). The van der Waals surface area contributed by atoms with Gasteiger partial charge in [-0.3, -0.25) is 9.36 Å². The van der Waals surface area contributed by atoms with Gasteiger partial charge in [0.05, 0.1) is 29.1 Å². The molecule has 3 aromatic heterocycles. The molecule has 3 heterocycles. The summed E-state index contributed by atoms with van der Waals surface area (Å²) in [7, 11) is 0. The zero-order chi connectivity index (χ0) is 28.8. The Labute approximate surface area is 236 Å². The second-order valence-electron chi connectivity index (χ2n) is 11.9. The topological polar surface area (TPSA) is 117 Å². The first-order valence-electron chi connectivity index (χ1n) is 13.5. The lowest BCUT2D eigenvalue weighted by Crippen LogP contribution is -2.52. The highest BCUT2D eigenvalue weighted by atomic mass is 32.1. The Morgan fingerprint density at radius 2 is 1.90 bits per heavy atom. The minimum atomic E-state index is -1.78. The van der Waals surface area contributed by atoms with Gasteiger partial charge in [-0.2, -0.15) is 0 Å². The normalized spacial score (nSPS) is 16.8. The van der Waals surface area contributed by atoms with E-state index in [1.807, 2.05) is 30.3 Å². The van der Waals surface area contributed by atoms with Crippen molar-refractivity contribution in [3.8, 4) is 10.8 Å². The van der Waals surface area contributed by atoms with E-state index in [0.717, 1.165) is 35.8 Å². The van der Waals surface area contributed by atoms with E-state index in [1.54, 1.807) is 6.92 Å². The van der Waals surface area contributed by atoms with Crippen LogP contribution in [0.15, 0.2) is 56.8 Å². The van der Waals surface area contributed by atoms with Gasteiger partial charge in [0.2, 0.25) is 5.89 Å². The van der Waals surface area contributed by atoms with Crippen LogP contribution in [0.25, 0.3) is 21.0 Å². The fraction of sp³-hybridized carbons (Fsp3) is 0.467. The van der Waals surface area contributed by atoms with Gasteiger partial charge in [-0.15, -0.1) is 11.3 Å². The van der Waals surface area contributed by atoms with Gasteiger partial charge in [-0.1, -0.05) is 44.2 Å². The van der Waals surface area contributed by atoms with Crippen LogP contribution in [-0.2, 0) is 21.6 Å². The molecular formula is C30H35N3O6S. The highest BCUT2D eigenvalue weighted by Crippen LogP contribution is 2.39. The molecule has 4 aromatic rings. The van der Waals surface area contributed by atoms with E-state index in [0.29, 0.717) is 21.2 Å². The van der Waals surface area contributed by atoms with Crippen LogP contribution in [0.5, 0.6) is 0 Å². The molecule has 1 aliphatic carbocycles. The smallest absolute Gasteiger partial charge is 0.333 e. The van der Waals surface area contributed by atoms with Gasteiger partial charge >= 0.3 is 11.7 Å². The maximum atomic E-state index is 14.1. The van der Waals surface area contributed by atoms with Crippen LogP contribution in [0, 0.1) is 12.3 Å². The van der Waals surface area contributed by atoms with E-state index < -0.39 is 28.9 Å². The molecule has 0 amide bonds. The van der Waals surface area contributed by atoms with E-state index in [1.165, 1.54) is 42.2 Å². The molecular weight excluding hydrogens is 530 g/mol. The fourth-order valence-corrected chi connectivity index (χ4v) is 6.68. The van der Waals surface area contributed by atoms with Crippen molar-refractivity contribution in [2.75, 3.05) is 0 Å². The summed E-state index contributed by atoms with van der Waals surface area (Å²) in [5.74, 6) is -0.944. The van der Waals surface area contributed by atoms with E-state index in [4.69, 9.17) is 9.15 Å². The molecule has 1 aliphatic rings. The number of hydrogen-bond donors (Lipinski definition) is 1. The monoisotopic (exact) mass is 565 g/mol. The van der Waals surface area contributed by atoms with Gasteiger partial charge in [-0.25, -0.2) is 19.1 Å². The Kier molecular flexibility index (Phi) is 7.35. The number of carboxylic acid groups (broad SMARTS) is 1. The zero-order valence-electron chi connectivity index (χ0n) is 23.5. The minimum Gasteiger partial charge on any atom is -0.480 e. The van der Waals surface area contributed by atoms with Crippen LogP contribution in [0.4, 0.5) is 0 Å². The molecule has 212 valence electrons. The van der Waals surface area contributed by atoms with E-state index in [9.17, 15) is 19.5 Å². The first kappa shape index (κ1) is 28.0. The molecule has 5 rings (SSSR count). The number of rotatable bonds is 8. The fourth-order valence-electron chi connectivity index (χ4n) is 5.44. The lowest BCUT2D eigenvalue weighted by molar-refractivity contribution is -0.146. The van der Waals surface area contributed by atoms with Crippen molar-refractivity contribution < 1.29 is 19.1 Å². The average molecular weight is 566 g/mol. The number of ether oxygens (including phenoxy) is 1. The largest absolute Gasteiger partial charge is 0.480 e. The Balaban J connectivity index is 1.69. The molecule has 0 saturated heterocycles. The average Bonchev–Trinajstić information content (AvgIpc) is 3.55. The van der Waals surface area contributed by atoms with Crippen LogP contribution in [0.2, 0.25) is 0 Å². The highest BCUT2D eigenvalue weighted by molar-refractivity contribution is 7.22. The summed E-state index contributed by atoms with van der Waals surface area (Å²) in [6, 6.07) is 9.72. The van der Waals surface area contributed by atoms with Crippen LogP contribution in [-0.4, -0.2) is 31.3 Å². The molecule has 9 nitrogen and oxygen atoms in total. The predicted molar refractivity (Wildman–Crippen MR) is 154 cm³/mol. The number of carboxylic acids is 1. The van der Waals surface area contributed by atoms with Gasteiger partial charge in [0.25, 0.3) is 5.56 Å². The summed E-state index contributed by atoms with van der Waals surface area (Å²) in [5.41, 5.74) is -1.36. The third kappa shape index (κ3) is 5.06. The van der Waals surface area contributed by atoms with Crippen molar-refractivity contribution in [2.45, 2.75) is 84.6 Å². The number of hydrogen-bond acceptors (Lipinski definition) is 7. The minimum absolute atomic E-state index is 0.0266. The van der Waals surface area contributed by atoms with E-state index in [-0.39, 0.29) is 23.4 Å². The first-order chi connectivity index (χ1) is 18.9. The number of carbonyl (C=O) groups is 1. The summed E-state index contributed by atoms with van der Waals surface area (Å²) < 4.78 is 14.6. The predicted octanol–water partition coefficient (Wildman–Crippen LogP) is 5.73. The molecule has 0 spiro atoms. The number of oxazole rings is 1. The Morgan fingerprint density at radius 3 is 2.50 bits per heavy atom. The second kappa shape index (κ2) is 10.5. The molecule has 0 aliphatic heterocycles. The van der Waals surface area contributed by atoms with Crippen molar-refractivity contribution in [3.05, 3.63) is 74.8 Å². The molecule has 0 bridgehead atoms. The quantitative estimate of drug-likeness (QED) is 0.290. The molecule has 10 heteroatoms. The van der Waals surface area contributed by atoms with Crippen molar-refractivity contribution in [3.63, 3.8) is 0 Å². The van der Waals surface area contributed by atoms with E-state index in [2.05, 4.69) is 18.8 Å². The molecule has 40 heavy (non-hydrogen) atoms. The van der Waals surface area contributed by atoms with Crippen LogP contribution in [0.3, 0.4) is 0 Å². The Morgan fingerprint density at radius 1 is 1.23 bits per heavy atom. The summed E-state index contributed by atoms with van der Waals surface area (Å²) >= 11 is 1.24. The number of aromatic nitrogens is 3. The number of fused-ring (bicyclic) bond motifs is 1. The van der Waals surface area contributed by atoms with Crippen molar-refractivity contribution in [1.82, 2.24) is 14.1 Å². The number of thiophene rings is 1. The first-order valence-corrected chi connectivity index (χ1v) is 14.4. The number of nitrogens with zero attached hydrogens (tertiary/aromatic N) is 3. The van der Waals surface area contributed by atoms with Crippen LogP contribution >= 0.6 is 11.3 Å². The van der Waals surface area contributed by atoms with Gasteiger partial charge in [-0.05, 0) is 63.0 Å². The van der Waals surface area contributed by atoms with Crippen molar-refractivity contribution in [1.29, 1.82) is 0 Å². The zero-order valence-corrected chi connectivity index (χ0v) is 24.3. The maximum Gasteiger partial charge on any atom is 0.333 e. The van der Waals surface area contributed by atoms with Crippen molar-refractivity contribution in [2.24, 2.45) is 5.41 Å². The van der Waals surface area contributed by atoms with Crippen LogP contribution in [0.1, 0.15) is 70.6 Å². The third-order valence-electron chi connectivity index (χ3n) is 8.08. The Bertz CT molecular complexity index is 1640. The lowest BCUT2D eigenvalue weighted by Gasteiger charge is -2.36. The summed E-state index contributed by atoms with van der Waals surface area (Å²) in [4.78, 5) is 45.4. The molecule has 1 unspecified atom stereocenters. The molecule has 1 aromatic carbocycles. The van der Waals surface area contributed by atoms with Crippen LogP contribution < -0.4 is 11.2 Å². The van der Waals surface area contributed by atoms with Gasteiger partial charge in [0.1, 0.15) is 22.7 Å². The second-order valence-corrected chi connectivity index (χ2v) is 12.9. The van der Waals surface area contributed by atoms with Gasteiger partial charge in [0, 0.05) is 0 Å². The maximum absolute atomic E-state index is 14.1. The summed E-state index contributed by atoms with van der Waals surface area (Å²) in [6.07, 6.45) is 6.43. The van der Waals surface area contributed by atoms with Gasteiger partial charge < -0.3 is 14.3 Å². The van der Waals surface area contributed by atoms with E-state index >= 15 is 0 Å². The highest BCUT2D eigenvalue weighted by Gasteiger charge is 2.36. The number of benzene rings is 1. The number of aliphatic carboxylic acids is 1. The Hall–Kier alpha value is -3.50. The molecule has 1 atom stereocenters. The molecule has 1 N–H and O–H groups in total. The molecule has 0 radical (unpaired) electrons.